The quantitative estimate of drug-likeness (QED) is 0.768. The molecule has 0 aliphatic carbocycles. The third-order valence-corrected chi connectivity index (χ3v) is 4.84. The summed E-state index contributed by atoms with van der Waals surface area (Å²) in [5.74, 6) is 0. The lowest BCUT2D eigenvalue weighted by Gasteiger charge is -2.35. The molecule has 0 radical (unpaired) electrons. The van der Waals surface area contributed by atoms with Gasteiger partial charge in [-0.3, -0.25) is 4.98 Å². The van der Waals surface area contributed by atoms with Gasteiger partial charge in [-0.2, -0.15) is 0 Å². The SMILES string of the molecule is CS(=O)(=O)NCCC1CCCCN1C(=O)NCCc1ccccn1. The van der Waals surface area contributed by atoms with E-state index in [0.717, 1.165) is 37.8 Å². The molecule has 24 heavy (non-hydrogen) atoms. The van der Waals surface area contributed by atoms with Gasteiger partial charge in [0.05, 0.1) is 6.26 Å². The predicted molar refractivity (Wildman–Crippen MR) is 93.1 cm³/mol. The summed E-state index contributed by atoms with van der Waals surface area (Å²) in [5.41, 5.74) is 0.949. The molecule has 1 aromatic rings. The van der Waals surface area contributed by atoms with Crippen LogP contribution in [-0.4, -0.2) is 56.3 Å². The number of hydrogen-bond donors (Lipinski definition) is 2. The number of aromatic nitrogens is 1. The minimum absolute atomic E-state index is 0.0741. The summed E-state index contributed by atoms with van der Waals surface area (Å²) in [7, 11) is -3.18. The molecular formula is C16H26N4O3S. The molecule has 2 rings (SSSR count). The van der Waals surface area contributed by atoms with Gasteiger partial charge in [-0.05, 0) is 37.8 Å². The Morgan fingerprint density at radius 1 is 1.33 bits per heavy atom. The fourth-order valence-electron chi connectivity index (χ4n) is 2.92. The Bertz CT molecular complexity index is 621. The number of carbonyl (C=O) groups excluding carboxylic acids is 1. The number of rotatable bonds is 7. The minimum atomic E-state index is -3.18. The maximum atomic E-state index is 12.4. The molecule has 1 aromatic heterocycles. The highest BCUT2D eigenvalue weighted by atomic mass is 32.2. The monoisotopic (exact) mass is 354 g/mol. The van der Waals surface area contributed by atoms with Gasteiger partial charge >= 0.3 is 6.03 Å². The summed E-state index contributed by atoms with van der Waals surface area (Å²) in [4.78, 5) is 18.5. The number of sulfonamides is 1. The van der Waals surface area contributed by atoms with Crippen LogP contribution in [0.15, 0.2) is 24.4 Å². The second-order valence-electron chi connectivity index (χ2n) is 6.10. The molecule has 1 fully saturated rings. The van der Waals surface area contributed by atoms with Crippen LogP contribution in [0, 0.1) is 0 Å². The molecule has 1 atom stereocenters. The van der Waals surface area contributed by atoms with E-state index >= 15 is 0 Å². The number of amides is 2. The molecule has 2 N–H and O–H groups in total. The van der Waals surface area contributed by atoms with Crippen molar-refractivity contribution < 1.29 is 13.2 Å². The Hall–Kier alpha value is -1.67. The van der Waals surface area contributed by atoms with Crippen molar-refractivity contribution in [3.05, 3.63) is 30.1 Å². The highest BCUT2D eigenvalue weighted by molar-refractivity contribution is 7.88. The fraction of sp³-hybridized carbons (Fsp3) is 0.625. The van der Waals surface area contributed by atoms with E-state index in [1.165, 1.54) is 0 Å². The van der Waals surface area contributed by atoms with Gasteiger partial charge in [-0.1, -0.05) is 6.07 Å². The first-order chi connectivity index (χ1) is 11.5. The van der Waals surface area contributed by atoms with Crippen molar-refractivity contribution in [2.45, 2.75) is 38.1 Å². The van der Waals surface area contributed by atoms with Crippen molar-refractivity contribution in [2.24, 2.45) is 0 Å². The Balaban J connectivity index is 1.79. The van der Waals surface area contributed by atoms with E-state index in [2.05, 4.69) is 15.0 Å². The molecule has 8 heteroatoms. The number of nitrogens with one attached hydrogen (secondary N) is 2. The van der Waals surface area contributed by atoms with Gasteiger partial charge in [0.2, 0.25) is 10.0 Å². The van der Waals surface area contributed by atoms with Gasteiger partial charge in [0.1, 0.15) is 0 Å². The zero-order chi connectivity index (χ0) is 17.4. The molecule has 1 aliphatic heterocycles. The summed E-state index contributed by atoms with van der Waals surface area (Å²) in [6, 6.07) is 5.75. The van der Waals surface area contributed by atoms with Gasteiger partial charge in [0.15, 0.2) is 0 Å². The molecule has 134 valence electrons. The first-order valence-corrected chi connectivity index (χ1v) is 10.2. The Morgan fingerprint density at radius 2 is 2.17 bits per heavy atom. The minimum Gasteiger partial charge on any atom is -0.338 e. The molecular weight excluding hydrogens is 328 g/mol. The van der Waals surface area contributed by atoms with Gasteiger partial charge in [0.25, 0.3) is 0 Å². The molecule has 1 aliphatic rings. The van der Waals surface area contributed by atoms with Crippen LogP contribution in [0.4, 0.5) is 4.79 Å². The van der Waals surface area contributed by atoms with Crippen LogP contribution in [0.25, 0.3) is 0 Å². The van der Waals surface area contributed by atoms with Gasteiger partial charge in [0, 0.05) is 44.0 Å². The second-order valence-corrected chi connectivity index (χ2v) is 7.93. The topological polar surface area (TPSA) is 91.4 Å². The Labute approximate surface area is 143 Å². The van der Waals surface area contributed by atoms with Crippen molar-refractivity contribution in [3.63, 3.8) is 0 Å². The van der Waals surface area contributed by atoms with E-state index in [-0.39, 0.29) is 12.1 Å². The number of urea groups is 1. The Morgan fingerprint density at radius 3 is 2.88 bits per heavy atom. The van der Waals surface area contributed by atoms with Crippen LogP contribution in [0.1, 0.15) is 31.4 Å². The molecule has 0 saturated carbocycles. The normalized spacial score (nSPS) is 18.4. The van der Waals surface area contributed by atoms with Gasteiger partial charge in [-0.25, -0.2) is 17.9 Å². The number of likely N-dealkylation sites (tertiary alicyclic amines) is 1. The number of piperidine rings is 1. The lowest BCUT2D eigenvalue weighted by Crippen LogP contribution is -2.50. The van der Waals surface area contributed by atoms with E-state index < -0.39 is 10.0 Å². The van der Waals surface area contributed by atoms with E-state index in [9.17, 15) is 13.2 Å². The van der Waals surface area contributed by atoms with E-state index in [0.29, 0.717) is 25.9 Å². The number of nitrogens with zero attached hydrogens (tertiary/aromatic N) is 2. The third kappa shape index (κ3) is 6.45. The highest BCUT2D eigenvalue weighted by Crippen LogP contribution is 2.19. The van der Waals surface area contributed by atoms with Crippen LogP contribution in [-0.2, 0) is 16.4 Å². The maximum Gasteiger partial charge on any atom is 0.317 e. The van der Waals surface area contributed by atoms with Crippen molar-refractivity contribution >= 4 is 16.1 Å². The molecule has 1 unspecified atom stereocenters. The van der Waals surface area contributed by atoms with Crippen LogP contribution in [0.2, 0.25) is 0 Å². The molecule has 0 spiro atoms. The number of pyridine rings is 1. The maximum absolute atomic E-state index is 12.4. The van der Waals surface area contributed by atoms with Crippen molar-refractivity contribution in [2.75, 3.05) is 25.9 Å². The van der Waals surface area contributed by atoms with Gasteiger partial charge in [-0.15, -0.1) is 0 Å². The van der Waals surface area contributed by atoms with Crippen LogP contribution >= 0.6 is 0 Å². The molecule has 2 heterocycles. The average molecular weight is 354 g/mol. The van der Waals surface area contributed by atoms with Gasteiger partial charge < -0.3 is 10.2 Å². The molecule has 0 bridgehead atoms. The lowest BCUT2D eigenvalue weighted by molar-refractivity contribution is 0.147. The van der Waals surface area contributed by atoms with Crippen LogP contribution < -0.4 is 10.0 Å². The average Bonchev–Trinajstić information content (AvgIpc) is 2.55. The summed E-state index contributed by atoms with van der Waals surface area (Å²) in [6.07, 6.45) is 7.20. The number of hydrogen-bond acceptors (Lipinski definition) is 4. The highest BCUT2D eigenvalue weighted by Gasteiger charge is 2.26. The number of carbonyl (C=O) groups is 1. The standard InChI is InChI=1S/C16H26N4O3S/c1-24(22,23)19-12-9-15-7-3-5-13-20(15)16(21)18-11-8-14-6-2-4-10-17-14/h2,4,6,10,15,19H,3,5,7-9,11-13H2,1H3,(H,18,21). The first kappa shape index (κ1) is 18.7. The van der Waals surface area contributed by atoms with Crippen molar-refractivity contribution in [3.8, 4) is 0 Å². The van der Waals surface area contributed by atoms with Crippen molar-refractivity contribution in [1.29, 1.82) is 0 Å². The summed E-state index contributed by atoms with van der Waals surface area (Å²) >= 11 is 0. The zero-order valence-electron chi connectivity index (χ0n) is 14.1. The zero-order valence-corrected chi connectivity index (χ0v) is 14.9. The lowest BCUT2D eigenvalue weighted by atomic mass is 10.00. The molecule has 1 saturated heterocycles. The molecule has 0 aromatic carbocycles. The largest absolute Gasteiger partial charge is 0.338 e. The third-order valence-electron chi connectivity index (χ3n) is 4.11. The second kappa shape index (κ2) is 8.98. The summed E-state index contributed by atoms with van der Waals surface area (Å²) in [6.45, 7) is 1.63. The summed E-state index contributed by atoms with van der Waals surface area (Å²) < 4.78 is 24.8. The fourth-order valence-corrected chi connectivity index (χ4v) is 3.41. The summed E-state index contributed by atoms with van der Waals surface area (Å²) in [5, 5.41) is 2.95. The van der Waals surface area contributed by atoms with E-state index in [4.69, 9.17) is 0 Å². The van der Waals surface area contributed by atoms with E-state index in [1.807, 2.05) is 23.1 Å². The smallest absolute Gasteiger partial charge is 0.317 e. The van der Waals surface area contributed by atoms with Crippen LogP contribution in [0.5, 0.6) is 0 Å². The van der Waals surface area contributed by atoms with Crippen molar-refractivity contribution in [1.82, 2.24) is 19.9 Å². The van der Waals surface area contributed by atoms with Crippen LogP contribution in [0.3, 0.4) is 0 Å². The van der Waals surface area contributed by atoms with E-state index in [1.54, 1.807) is 6.20 Å². The Kier molecular flexibility index (Phi) is 6.99. The first-order valence-electron chi connectivity index (χ1n) is 8.35. The molecule has 7 nitrogen and oxygen atoms in total. The predicted octanol–water partition coefficient (Wildman–Crippen LogP) is 1.13. The molecule has 2 amide bonds.